The summed E-state index contributed by atoms with van der Waals surface area (Å²) in [6, 6.07) is -0.284. The van der Waals surface area contributed by atoms with Crippen molar-refractivity contribution in [1.82, 2.24) is 26.6 Å². The smallest absolute Gasteiger partial charge is 0.315 e. The molecule has 0 aromatic heterocycles. The number of amides is 3. The summed E-state index contributed by atoms with van der Waals surface area (Å²) in [6.45, 7) is 3.29. The Hall–Kier alpha value is -2.40. The predicted molar refractivity (Wildman–Crippen MR) is 165 cm³/mol. The van der Waals surface area contributed by atoms with Crippen molar-refractivity contribution in [3.8, 4) is 0 Å². The number of carbonyl (C=O) groups is 2. The molecule has 43 heavy (non-hydrogen) atoms. The summed E-state index contributed by atoms with van der Waals surface area (Å²) in [5.41, 5.74) is 0.0774. The van der Waals surface area contributed by atoms with Gasteiger partial charge in [0.2, 0.25) is 11.9 Å². The molecule has 0 radical (unpaired) electrons. The molecule has 5 aliphatic rings. The molecule has 3 saturated carbocycles. The van der Waals surface area contributed by atoms with Crippen molar-refractivity contribution in [2.75, 3.05) is 20.2 Å². The van der Waals surface area contributed by atoms with E-state index >= 15 is 0 Å². The van der Waals surface area contributed by atoms with Gasteiger partial charge in [-0.05, 0) is 70.1 Å². The van der Waals surface area contributed by atoms with Gasteiger partial charge < -0.3 is 31.3 Å². The Morgan fingerprint density at radius 2 is 1.79 bits per heavy atom. The molecule has 0 aromatic rings. The third-order valence-electron chi connectivity index (χ3n) is 11.4. The largest absolute Gasteiger partial charge is 0.388 e. The van der Waals surface area contributed by atoms with Crippen LogP contribution in [0.1, 0.15) is 110 Å². The molecule has 2 heterocycles. The third kappa shape index (κ3) is 7.64. The lowest BCUT2D eigenvalue weighted by Gasteiger charge is -2.47. The summed E-state index contributed by atoms with van der Waals surface area (Å²) >= 11 is 0. The monoisotopic (exact) mass is 602 g/mol. The van der Waals surface area contributed by atoms with Crippen LogP contribution in [0.25, 0.3) is 0 Å². The standard InChI is InChI=1S/C32H54N6O5/c1-31(18-22-19-33-27-9-5-4-8-26(22)27,37-30(40)36-23-10-12-24(13-11-23)38(41)42)29(39)35-21-32(16-6-3-7-17-32)28-15-14-25(43-2)20-34-28/h19,23-28,33-34H,3-18,20-21H2,1-2H3,(H,35,39)(H2,36,37,40). The van der Waals surface area contributed by atoms with E-state index in [9.17, 15) is 19.7 Å². The van der Waals surface area contributed by atoms with E-state index in [-0.39, 0.29) is 34.4 Å². The van der Waals surface area contributed by atoms with E-state index in [0.29, 0.717) is 56.7 Å². The van der Waals surface area contributed by atoms with Crippen LogP contribution in [-0.2, 0) is 9.53 Å². The zero-order valence-corrected chi connectivity index (χ0v) is 26.3. The minimum Gasteiger partial charge on any atom is -0.388 e. The Kier molecular flexibility index (Phi) is 10.5. The molecular weight excluding hydrogens is 548 g/mol. The average molecular weight is 603 g/mol. The number of hydrogen-bond acceptors (Lipinski definition) is 7. The molecule has 0 bridgehead atoms. The molecule has 3 aliphatic carbocycles. The van der Waals surface area contributed by atoms with Crippen LogP contribution in [0.15, 0.2) is 11.8 Å². The number of nitrogens with one attached hydrogen (secondary N) is 5. The van der Waals surface area contributed by atoms with Crippen LogP contribution >= 0.6 is 0 Å². The molecule has 242 valence electrons. The van der Waals surface area contributed by atoms with Crippen molar-refractivity contribution in [3.63, 3.8) is 0 Å². The Balaban J connectivity index is 1.27. The molecule has 5 atom stereocenters. The second-order valence-electron chi connectivity index (χ2n) is 14.3. The van der Waals surface area contributed by atoms with Crippen molar-refractivity contribution in [3.05, 3.63) is 21.9 Å². The number of carbonyl (C=O) groups excluding carboxylic acids is 2. The Labute approximate surface area is 256 Å². The maximum atomic E-state index is 14.2. The summed E-state index contributed by atoms with van der Waals surface area (Å²) in [6.07, 6.45) is 17.3. The van der Waals surface area contributed by atoms with Crippen molar-refractivity contribution in [2.45, 2.75) is 145 Å². The Morgan fingerprint density at radius 1 is 1.05 bits per heavy atom. The molecule has 0 aromatic carbocycles. The second kappa shape index (κ2) is 14.1. The number of fused-ring (bicyclic) bond motifs is 1. The van der Waals surface area contributed by atoms with Gasteiger partial charge in [0.25, 0.3) is 0 Å². The SMILES string of the molecule is COC1CCC(C2(CNC(=O)C(C)(CC3=CNC4CCCCC34)NC(=O)NC3CCC([N+](=O)[O-])CC3)CCCCC2)NC1. The van der Waals surface area contributed by atoms with Crippen molar-refractivity contribution in [1.29, 1.82) is 0 Å². The quantitative estimate of drug-likeness (QED) is 0.188. The number of piperidine rings is 1. The van der Waals surface area contributed by atoms with Gasteiger partial charge in [0.05, 0.1) is 6.10 Å². The molecule has 11 heteroatoms. The number of hydrogen-bond donors (Lipinski definition) is 5. The van der Waals surface area contributed by atoms with Gasteiger partial charge >= 0.3 is 6.03 Å². The lowest BCUT2D eigenvalue weighted by atomic mass is 9.66. The minimum atomic E-state index is -1.13. The van der Waals surface area contributed by atoms with E-state index < -0.39 is 11.6 Å². The van der Waals surface area contributed by atoms with E-state index in [2.05, 4.69) is 32.8 Å². The zero-order chi connectivity index (χ0) is 30.5. The normalized spacial score (nSPS) is 33.6. The van der Waals surface area contributed by atoms with Crippen molar-refractivity contribution in [2.24, 2.45) is 11.3 Å². The van der Waals surface area contributed by atoms with Crippen LogP contribution in [0.2, 0.25) is 0 Å². The number of rotatable bonds is 10. The topological polar surface area (TPSA) is 147 Å². The van der Waals surface area contributed by atoms with Crippen molar-refractivity contribution >= 4 is 11.9 Å². The molecule has 4 fully saturated rings. The molecule has 2 aliphatic heterocycles. The summed E-state index contributed by atoms with van der Waals surface area (Å²) in [4.78, 5) is 38.6. The van der Waals surface area contributed by atoms with Crippen LogP contribution in [0, 0.1) is 21.4 Å². The third-order valence-corrected chi connectivity index (χ3v) is 11.4. The van der Waals surface area contributed by atoms with E-state index in [0.717, 1.165) is 45.1 Å². The highest BCUT2D eigenvalue weighted by Gasteiger charge is 2.45. The van der Waals surface area contributed by atoms with E-state index in [1.54, 1.807) is 7.11 Å². The minimum absolute atomic E-state index is 0.00587. The zero-order valence-electron chi connectivity index (χ0n) is 26.3. The van der Waals surface area contributed by atoms with Crippen LogP contribution in [-0.4, -0.2) is 72.9 Å². The lowest BCUT2D eigenvalue weighted by Crippen LogP contribution is -2.63. The first-order chi connectivity index (χ1) is 20.7. The van der Waals surface area contributed by atoms with Gasteiger partial charge in [-0.2, -0.15) is 0 Å². The van der Waals surface area contributed by atoms with Crippen LogP contribution in [0.3, 0.4) is 0 Å². The highest BCUT2D eigenvalue weighted by Crippen LogP contribution is 2.42. The molecule has 5 rings (SSSR count). The molecule has 5 unspecified atom stereocenters. The molecule has 5 N–H and O–H groups in total. The predicted octanol–water partition coefficient (Wildman–Crippen LogP) is 3.90. The number of urea groups is 1. The fraction of sp³-hybridized carbons (Fsp3) is 0.875. The molecule has 11 nitrogen and oxygen atoms in total. The summed E-state index contributed by atoms with van der Waals surface area (Å²) in [5, 5.41) is 28.0. The Morgan fingerprint density at radius 3 is 2.47 bits per heavy atom. The number of nitrogens with zero attached hydrogens (tertiary/aromatic N) is 1. The van der Waals surface area contributed by atoms with Crippen LogP contribution in [0.5, 0.6) is 0 Å². The molecule has 0 spiro atoms. The van der Waals surface area contributed by atoms with Gasteiger partial charge in [-0.1, -0.05) is 32.1 Å². The number of ether oxygens (including phenoxy) is 1. The first kappa shape index (κ1) is 32.0. The fourth-order valence-corrected chi connectivity index (χ4v) is 8.68. The van der Waals surface area contributed by atoms with Gasteiger partial charge in [0.15, 0.2) is 0 Å². The average Bonchev–Trinajstić information content (AvgIpc) is 3.42. The van der Waals surface area contributed by atoms with Gasteiger partial charge in [-0.15, -0.1) is 0 Å². The number of nitro groups is 1. The van der Waals surface area contributed by atoms with E-state index in [1.165, 1.54) is 37.7 Å². The highest BCUT2D eigenvalue weighted by molar-refractivity contribution is 5.91. The first-order valence-electron chi connectivity index (χ1n) is 16.9. The maximum Gasteiger partial charge on any atom is 0.315 e. The van der Waals surface area contributed by atoms with Gasteiger partial charge in [0, 0.05) is 73.8 Å². The van der Waals surface area contributed by atoms with Crippen molar-refractivity contribution < 1.29 is 19.2 Å². The lowest BCUT2D eigenvalue weighted by molar-refractivity contribution is -0.526. The molecule has 1 saturated heterocycles. The van der Waals surface area contributed by atoms with Gasteiger partial charge in [0.1, 0.15) is 5.54 Å². The molecule has 3 amide bonds. The van der Waals surface area contributed by atoms with Crippen LogP contribution in [0.4, 0.5) is 4.79 Å². The maximum absolute atomic E-state index is 14.2. The summed E-state index contributed by atoms with van der Waals surface area (Å²) < 4.78 is 5.59. The van der Waals surface area contributed by atoms with Gasteiger partial charge in [-0.25, -0.2) is 4.79 Å². The van der Waals surface area contributed by atoms with Crippen LogP contribution < -0.4 is 26.6 Å². The second-order valence-corrected chi connectivity index (χ2v) is 14.3. The summed E-state index contributed by atoms with van der Waals surface area (Å²) in [7, 11) is 1.77. The fourth-order valence-electron chi connectivity index (χ4n) is 8.68. The highest BCUT2D eigenvalue weighted by atomic mass is 16.6. The van der Waals surface area contributed by atoms with E-state index in [4.69, 9.17) is 4.74 Å². The van der Waals surface area contributed by atoms with E-state index in [1.807, 2.05) is 6.92 Å². The van der Waals surface area contributed by atoms with Gasteiger partial charge in [-0.3, -0.25) is 14.9 Å². The molecular formula is C32H54N6O5. The summed E-state index contributed by atoms with van der Waals surface area (Å²) in [5.74, 6) is 0.253. The first-order valence-corrected chi connectivity index (χ1v) is 16.9. The Bertz CT molecular complexity index is 1020. The number of methoxy groups -OCH3 is 1.